The van der Waals surface area contributed by atoms with E-state index in [2.05, 4.69) is 21.8 Å². The van der Waals surface area contributed by atoms with Crippen LogP contribution in [0, 0.1) is 0 Å². The lowest BCUT2D eigenvalue weighted by Gasteiger charge is -2.42. The van der Waals surface area contributed by atoms with E-state index in [4.69, 9.17) is 0 Å². The second-order valence-corrected chi connectivity index (χ2v) is 9.88. The summed E-state index contributed by atoms with van der Waals surface area (Å²) < 4.78 is 25.4. The number of nitrogens with zero attached hydrogens (tertiary/aromatic N) is 2. The molecular formula is C20H31N3O4S. The summed E-state index contributed by atoms with van der Waals surface area (Å²) in [6, 6.07) is 10.00. The molecule has 0 saturated carbocycles. The first-order valence-electron chi connectivity index (χ1n) is 10.0. The van der Waals surface area contributed by atoms with Crippen molar-refractivity contribution < 1.29 is 18.3 Å². The largest absolute Gasteiger partial charge is 0.379 e. The van der Waals surface area contributed by atoms with Gasteiger partial charge in [-0.3, -0.25) is 9.69 Å². The van der Waals surface area contributed by atoms with E-state index in [1.54, 1.807) is 4.90 Å². The minimum atomic E-state index is -3.20. The van der Waals surface area contributed by atoms with Crippen molar-refractivity contribution in [2.75, 3.05) is 39.0 Å². The first-order chi connectivity index (χ1) is 13.3. The van der Waals surface area contributed by atoms with Gasteiger partial charge in [-0.25, -0.2) is 13.1 Å². The highest BCUT2D eigenvalue weighted by Crippen LogP contribution is 2.25. The Morgan fingerprint density at radius 3 is 2.50 bits per heavy atom. The van der Waals surface area contributed by atoms with Crippen LogP contribution in [-0.4, -0.2) is 79.9 Å². The number of amides is 1. The molecular weight excluding hydrogens is 378 g/mol. The van der Waals surface area contributed by atoms with Gasteiger partial charge < -0.3 is 10.0 Å². The van der Waals surface area contributed by atoms with E-state index >= 15 is 0 Å². The number of rotatable bonds is 7. The molecule has 0 radical (unpaired) electrons. The Morgan fingerprint density at radius 1 is 1.18 bits per heavy atom. The van der Waals surface area contributed by atoms with Gasteiger partial charge in [0.1, 0.15) is 0 Å². The molecule has 0 spiro atoms. The number of hydrogen-bond donors (Lipinski definition) is 2. The molecule has 0 bridgehead atoms. The van der Waals surface area contributed by atoms with E-state index < -0.39 is 15.6 Å². The zero-order valence-corrected chi connectivity index (χ0v) is 17.3. The Kier molecular flexibility index (Phi) is 6.75. The van der Waals surface area contributed by atoms with Crippen LogP contribution in [0.3, 0.4) is 0 Å². The van der Waals surface area contributed by atoms with Gasteiger partial charge in [0, 0.05) is 25.7 Å². The minimum absolute atomic E-state index is 0.0645. The van der Waals surface area contributed by atoms with Crippen LogP contribution in [0.5, 0.6) is 0 Å². The number of likely N-dealkylation sites (tertiary alicyclic amines) is 2. The van der Waals surface area contributed by atoms with Crippen molar-refractivity contribution in [3.8, 4) is 0 Å². The Hall–Kier alpha value is -1.48. The monoisotopic (exact) mass is 409 g/mol. The van der Waals surface area contributed by atoms with Gasteiger partial charge in [0.05, 0.1) is 6.26 Å². The van der Waals surface area contributed by atoms with Crippen molar-refractivity contribution in [1.82, 2.24) is 14.5 Å². The first-order valence-corrected chi connectivity index (χ1v) is 11.9. The predicted molar refractivity (Wildman–Crippen MR) is 108 cm³/mol. The van der Waals surface area contributed by atoms with E-state index in [9.17, 15) is 18.3 Å². The molecule has 2 aliphatic heterocycles. The van der Waals surface area contributed by atoms with Gasteiger partial charge in [-0.1, -0.05) is 30.3 Å². The molecule has 3 rings (SSSR count). The molecule has 2 fully saturated rings. The number of hydrogen-bond acceptors (Lipinski definition) is 5. The second-order valence-electron chi connectivity index (χ2n) is 8.10. The number of β-amino-alcohol motifs (C(OH)–C–C–N with tert-alkyl or cyclic N) is 1. The maximum atomic E-state index is 13.0. The van der Waals surface area contributed by atoms with Crippen LogP contribution in [-0.2, 0) is 21.2 Å². The summed E-state index contributed by atoms with van der Waals surface area (Å²) in [6.07, 6.45) is 4.61. The summed E-state index contributed by atoms with van der Waals surface area (Å²) in [4.78, 5) is 16.8. The normalized spacial score (nSPS) is 25.2. The van der Waals surface area contributed by atoms with Crippen molar-refractivity contribution in [2.24, 2.45) is 0 Å². The highest BCUT2D eigenvalue weighted by atomic mass is 32.2. The van der Waals surface area contributed by atoms with Crippen molar-refractivity contribution in [1.29, 1.82) is 0 Å². The van der Waals surface area contributed by atoms with Gasteiger partial charge in [-0.05, 0) is 50.8 Å². The molecule has 2 N–H and O–H groups in total. The van der Waals surface area contributed by atoms with Crippen molar-refractivity contribution >= 4 is 15.9 Å². The highest BCUT2D eigenvalue weighted by Gasteiger charge is 2.43. The van der Waals surface area contributed by atoms with Crippen LogP contribution in [0.15, 0.2) is 30.3 Å². The van der Waals surface area contributed by atoms with Crippen LogP contribution in [0.25, 0.3) is 0 Å². The molecule has 28 heavy (non-hydrogen) atoms. The van der Waals surface area contributed by atoms with Crippen molar-refractivity contribution in [3.63, 3.8) is 0 Å². The molecule has 1 aromatic carbocycles. The Labute approximate surface area is 167 Å². The molecule has 1 amide bonds. The number of carbonyl (C=O) groups is 1. The zero-order valence-electron chi connectivity index (χ0n) is 16.5. The Morgan fingerprint density at radius 2 is 1.86 bits per heavy atom. The third-order valence-electron chi connectivity index (χ3n) is 5.67. The van der Waals surface area contributed by atoms with Crippen LogP contribution >= 0.6 is 0 Å². The maximum Gasteiger partial charge on any atom is 0.255 e. The van der Waals surface area contributed by atoms with Crippen LogP contribution < -0.4 is 4.72 Å². The summed E-state index contributed by atoms with van der Waals surface area (Å²) >= 11 is 0. The average molecular weight is 410 g/mol. The van der Waals surface area contributed by atoms with Gasteiger partial charge >= 0.3 is 0 Å². The molecule has 8 heteroatoms. The van der Waals surface area contributed by atoms with Gasteiger partial charge in [0.15, 0.2) is 5.60 Å². The number of piperidine rings is 2. The van der Waals surface area contributed by atoms with E-state index in [0.717, 1.165) is 12.8 Å². The maximum absolute atomic E-state index is 13.0. The number of aliphatic hydroxyl groups is 1. The molecule has 2 saturated heterocycles. The number of nitrogens with one attached hydrogen (secondary N) is 1. The smallest absolute Gasteiger partial charge is 0.255 e. The second kappa shape index (κ2) is 8.90. The molecule has 0 aliphatic carbocycles. The fraction of sp³-hybridized carbons (Fsp3) is 0.650. The molecule has 0 unspecified atom stereocenters. The van der Waals surface area contributed by atoms with Gasteiger partial charge in [0.25, 0.3) is 5.91 Å². The third kappa shape index (κ3) is 5.76. The third-order valence-corrected chi connectivity index (χ3v) is 6.43. The minimum Gasteiger partial charge on any atom is -0.379 e. The molecule has 0 aromatic heterocycles. The number of benzene rings is 1. The zero-order chi connectivity index (χ0) is 20.2. The lowest BCUT2D eigenvalue weighted by molar-refractivity contribution is -0.159. The summed E-state index contributed by atoms with van der Waals surface area (Å²) in [7, 11) is -3.20. The van der Waals surface area contributed by atoms with Gasteiger partial charge in [0.2, 0.25) is 10.0 Å². The molecule has 1 atom stereocenters. The van der Waals surface area contributed by atoms with E-state index in [1.807, 2.05) is 18.2 Å². The lowest BCUT2D eigenvalue weighted by atomic mass is 9.90. The predicted octanol–water partition coefficient (Wildman–Crippen LogP) is 0.596. The Balaban J connectivity index is 1.52. The number of carbonyl (C=O) groups excluding carboxylic acids is 1. The molecule has 1 aromatic rings. The van der Waals surface area contributed by atoms with Crippen LogP contribution in [0.4, 0.5) is 0 Å². The first kappa shape index (κ1) is 21.2. The molecule has 7 nitrogen and oxygen atoms in total. The van der Waals surface area contributed by atoms with E-state index in [0.29, 0.717) is 52.0 Å². The van der Waals surface area contributed by atoms with Gasteiger partial charge in [-0.15, -0.1) is 0 Å². The SMILES string of the molecule is CS(=O)(=O)NC1CCN(C[C@]2(O)CCCN(CCc3ccccc3)C2=O)CC1. The fourth-order valence-electron chi connectivity index (χ4n) is 4.22. The standard InChI is InChI=1S/C20H31N3O4S/c1-28(26,27)21-18-9-13-22(14-10-18)16-20(25)11-5-12-23(19(20)24)15-8-17-6-3-2-4-7-17/h2-4,6-7,18,21,25H,5,8-16H2,1H3/t20-/m1/s1. The Bertz CT molecular complexity index is 763. The van der Waals surface area contributed by atoms with E-state index in [-0.39, 0.29) is 11.9 Å². The molecule has 2 aliphatic rings. The average Bonchev–Trinajstić information content (AvgIpc) is 2.64. The quantitative estimate of drug-likeness (QED) is 0.688. The molecule has 2 heterocycles. The topological polar surface area (TPSA) is 89.9 Å². The van der Waals surface area contributed by atoms with Crippen molar-refractivity contribution in [2.45, 2.75) is 43.7 Å². The van der Waals surface area contributed by atoms with Crippen molar-refractivity contribution in [3.05, 3.63) is 35.9 Å². The number of sulfonamides is 1. The molecule has 156 valence electrons. The lowest BCUT2D eigenvalue weighted by Crippen LogP contribution is -2.60. The summed E-state index contributed by atoms with van der Waals surface area (Å²) in [5.74, 6) is -0.175. The summed E-state index contributed by atoms with van der Waals surface area (Å²) in [6.45, 7) is 2.97. The fourth-order valence-corrected chi connectivity index (χ4v) is 5.06. The van der Waals surface area contributed by atoms with Crippen LogP contribution in [0.1, 0.15) is 31.2 Å². The van der Waals surface area contributed by atoms with Crippen LogP contribution in [0.2, 0.25) is 0 Å². The summed E-state index contributed by atoms with van der Waals surface area (Å²) in [5, 5.41) is 11.1. The van der Waals surface area contributed by atoms with Gasteiger partial charge in [-0.2, -0.15) is 0 Å². The van der Waals surface area contributed by atoms with E-state index in [1.165, 1.54) is 11.8 Å². The summed E-state index contributed by atoms with van der Waals surface area (Å²) in [5.41, 5.74) is -0.156. The highest BCUT2D eigenvalue weighted by molar-refractivity contribution is 7.88.